The Hall–Kier alpha value is -1.94. The van der Waals surface area contributed by atoms with Gasteiger partial charge in [0.2, 0.25) is 0 Å². The Kier molecular flexibility index (Phi) is 61.5. The first-order valence-corrected chi connectivity index (χ1v) is 40.5. The summed E-state index contributed by atoms with van der Waals surface area (Å²) in [4.78, 5) is 72.5. The van der Waals surface area contributed by atoms with Crippen molar-refractivity contribution in [3.05, 3.63) is 0 Å². The standard InChI is InChI=1S/C72H140O17P2/c1-8-12-13-14-15-26-30-39-46-53-69(74)82-59-68(89-72(77)56-49-42-35-33-38-45-52-65(7)11-4)62-87-91(80,81)85-58-66(73)57-84-90(78,79)86-61-67(60-83-70(75)54-47-40-34-32-37-44-51-64(6)10-3)88-71(76)55-48-41-31-28-25-23-21-19-17-16-18-20-22-24-27-29-36-43-50-63(5)9-2/h63-68,73H,8-62H2,1-7H3,(H,78,79)(H,80,81)/t63?,64?,65?,66-,67-,68-/m1/s1. The molecule has 5 unspecified atom stereocenters. The number of hydrogen-bond donors (Lipinski definition) is 3. The van der Waals surface area contributed by atoms with Crippen molar-refractivity contribution in [2.45, 2.75) is 381 Å². The molecule has 0 rings (SSSR count). The predicted octanol–water partition coefficient (Wildman–Crippen LogP) is 20.6. The fraction of sp³-hybridized carbons (Fsp3) is 0.944. The summed E-state index contributed by atoms with van der Waals surface area (Å²) < 4.78 is 68.2. The highest BCUT2D eigenvalue weighted by Crippen LogP contribution is 2.45. The van der Waals surface area contributed by atoms with Crippen molar-refractivity contribution in [1.29, 1.82) is 0 Å². The van der Waals surface area contributed by atoms with Gasteiger partial charge in [-0.25, -0.2) is 9.13 Å². The fourth-order valence-electron chi connectivity index (χ4n) is 10.8. The van der Waals surface area contributed by atoms with E-state index in [0.717, 1.165) is 114 Å². The van der Waals surface area contributed by atoms with Gasteiger partial charge in [0.25, 0.3) is 0 Å². The van der Waals surface area contributed by atoms with E-state index in [1.807, 2.05) is 0 Å². The maximum absolute atomic E-state index is 13.0. The summed E-state index contributed by atoms with van der Waals surface area (Å²) in [5.41, 5.74) is 0. The Balaban J connectivity index is 5.14. The number of carbonyl (C=O) groups is 4. The number of esters is 4. The van der Waals surface area contributed by atoms with Crippen molar-refractivity contribution >= 4 is 39.5 Å². The summed E-state index contributed by atoms with van der Waals surface area (Å²) in [5.74, 6) is 0.192. The molecule has 0 aromatic heterocycles. The van der Waals surface area contributed by atoms with Crippen LogP contribution in [0.2, 0.25) is 0 Å². The summed E-state index contributed by atoms with van der Waals surface area (Å²) in [6.45, 7) is 11.8. The number of carbonyl (C=O) groups excluding carboxylic acids is 4. The van der Waals surface area contributed by atoms with Crippen molar-refractivity contribution in [2.24, 2.45) is 17.8 Å². The Labute approximate surface area is 556 Å². The minimum Gasteiger partial charge on any atom is -0.462 e. The van der Waals surface area contributed by atoms with Gasteiger partial charge in [-0.1, -0.05) is 312 Å². The van der Waals surface area contributed by atoms with Crippen LogP contribution in [0.5, 0.6) is 0 Å². The van der Waals surface area contributed by atoms with E-state index >= 15 is 0 Å². The smallest absolute Gasteiger partial charge is 0.462 e. The molecule has 0 aromatic rings. The third-order valence-electron chi connectivity index (χ3n) is 17.7. The first-order valence-electron chi connectivity index (χ1n) is 37.5. The van der Waals surface area contributed by atoms with Gasteiger partial charge in [0.1, 0.15) is 19.3 Å². The molecule has 0 spiro atoms. The van der Waals surface area contributed by atoms with Gasteiger partial charge < -0.3 is 33.8 Å². The van der Waals surface area contributed by atoms with Crippen LogP contribution < -0.4 is 0 Å². The summed E-state index contributed by atoms with van der Waals surface area (Å²) in [6.07, 6.45) is 47.4. The molecule has 0 fully saturated rings. The second kappa shape index (κ2) is 62.8. The molecule has 0 saturated heterocycles. The molecule has 0 amide bonds. The van der Waals surface area contributed by atoms with Crippen LogP contribution in [0, 0.1) is 17.8 Å². The maximum atomic E-state index is 13.0. The van der Waals surface area contributed by atoms with Crippen LogP contribution >= 0.6 is 15.6 Å². The van der Waals surface area contributed by atoms with Crippen molar-refractivity contribution in [3.8, 4) is 0 Å². The number of hydrogen-bond acceptors (Lipinski definition) is 15. The molecule has 0 aliphatic carbocycles. The topological polar surface area (TPSA) is 237 Å². The monoisotopic (exact) mass is 1340 g/mol. The molecule has 91 heavy (non-hydrogen) atoms. The Morgan fingerprint density at radius 1 is 0.308 bits per heavy atom. The van der Waals surface area contributed by atoms with E-state index in [9.17, 15) is 43.2 Å². The van der Waals surface area contributed by atoms with E-state index in [-0.39, 0.29) is 25.7 Å². The second-order valence-electron chi connectivity index (χ2n) is 26.7. The maximum Gasteiger partial charge on any atom is 0.472 e. The Morgan fingerprint density at radius 3 is 0.780 bits per heavy atom. The van der Waals surface area contributed by atoms with Gasteiger partial charge in [0.05, 0.1) is 26.4 Å². The molecule has 0 aliphatic rings. The number of aliphatic hydroxyl groups excluding tert-OH is 1. The number of unbranched alkanes of at least 4 members (excludes halogenated alkanes) is 35. The third-order valence-corrected chi connectivity index (χ3v) is 19.6. The van der Waals surface area contributed by atoms with Gasteiger partial charge >= 0.3 is 39.5 Å². The lowest BCUT2D eigenvalue weighted by atomic mass is 9.99. The number of phosphoric ester groups is 2. The third kappa shape index (κ3) is 62.6. The Morgan fingerprint density at radius 2 is 0.527 bits per heavy atom. The van der Waals surface area contributed by atoms with E-state index in [2.05, 4.69) is 48.5 Å². The molecule has 8 atom stereocenters. The van der Waals surface area contributed by atoms with Gasteiger partial charge in [0.15, 0.2) is 12.2 Å². The summed E-state index contributed by atoms with van der Waals surface area (Å²) in [7, 11) is -9.90. The predicted molar refractivity (Wildman–Crippen MR) is 368 cm³/mol. The van der Waals surface area contributed by atoms with Crippen LogP contribution in [0.3, 0.4) is 0 Å². The summed E-state index contributed by atoms with van der Waals surface area (Å²) in [5, 5.41) is 10.6. The van der Waals surface area contributed by atoms with Gasteiger partial charge in [-0.05, 0) is 43.4 Å². The zero-order chi connectivity index (χ0) is 67.3. The summed E-state index contributed by atoms with van der Waals surface area (Å²) >= 11 is 0. The molecule has 0 heterocycles. The molecular formula is C72H140O17P2. The molecule has 540 valence electrons. The zero-order valence-corrected chi connectivity index (χ0v) is 61.1. The highest BCUT2D eigenvalue weighted by atomic mass is 31.2. The molecule has 19 heteroatoms. The van der Waals surface area contributed by atoms with Crippen LogP contribution in [-0.2, 0) is 65.4 Å². The van der Waals surface area contributed by atoms with E-state index in [1.165, 1.54) is 167 Å². The number of rotatable bonds is 70. The molecule has 0 aromatic carbocycles. The minimum atomic E-state index is -4.95. The molecule has 0 aliphatic heterocycles. The van der Waals surface area contributed by atoms with Crippen molar-refractivity contribution < 1.29 is 80.2 Å². The quantitative estimate of drug-likeness (QED) is 0.0222. The lowest BCUT2D eigenvalue weighted by Crippen LogP contribution is -2.30. The first kappa shape index (κ1) is 89.1. The van der Waals surface area contributed by atoms with Crippen LogP contribution in [0.1, 0.15) is 363 Å². The molecule has 17 nitrogen and oxygen atoms in total. The number of aliphatic hydroxyl groups is 1. The zero-order valence-electron chi connectivity index (χ0n) is 59.3. The van der Waals surface area contributed by atoms with Crippen LogP contribution in [0.25, 0.3) is 0 Å². The molecule has 0 radical (unpaired) electrons. The minimum absolute atomic E-state index is 0.103. The van der Waals surface area contributed by atoms with E-state index in [1.54, 1.807) is 0 Å². The second-order valence-corrected chi connectivity index (χ2v) is 29.6. The Bertz CT molecular complexity index is 1790. The van der Waals surface area contributed by atoms with Gasteiger partial charge in [-0.3, -0.25) is 37.3 Å². The number of ether oxygens (including phenoxy) is 4. The molecular weight excluding hydrogens is 1200 g/mol. The normalized spacial score (nSPS) is 15.1. The average Bonchev–Trinajstić information content (AvgIpc) is 3.21. The van der Waals surface area contributed by atoms with Crippen molar-refractivity contribution in [2.75, 3.05) is 39.6 Å². The lowest BCUT2D eigenvalue weighted by Gasteiger charge is -2.21. The van der Waals surface area contributed by atoms with Crippen molar-refractivity contribution in [3.63, 3.8) is 0 Å². The van der Waals surface area contributed by atoms with E-state index < -0.39 is 97.5 Å². The highest BCUT2D eigenvalue weighted by molar-refractivity contribution is 7.47. The van der Waals surface area contributed by atoms with Gasteiger partial charge in [-0.2, -0.15) is 0 Å². The summed E-state index contributed by atoms with van der Waals surface area (Å²) in [6, 6.07) is 0. The van der Waals surface area contributed by atoms with E-state index in [4.69, 9.17) is 37.0 Å². The van der Waals surface area contributed by atoms with Crippen LogP contribution in [-0.4, -0.2) is 96.7 Å². The largest absolute Gasteiger partial charge is 0.472 e. The van der Waals surface area contributed by atoms with Crippen molar-refractivity contribution in [1.82, 2.24) is 0 Å². The molecule has 3 N–H and O–H groups in total. The first-order chi connectivity index (χ1) is 43.8. The van der Waals surface area contributed by atoms with Gasteiger partial charge in [-0.15, -0.1) is 0 Å². The SMILES string of the molecule is CCCCCCCCCCCC(=O)OC[C@H](COP(=O)(O)OC[C@H](O)COP(=O)(O)OC[C@@H](COC(=O)CCCCCCCCC(C)CC)OC(=O)CCCCCCCCCCCCCCCCCCCCC(C)CC)OC(=O)CCCCCCCCC(C)CC. The molecule has 0 bridgehead atoms. The highest BCUT2D eigenvalue weighted by Gasteiger charge is 2.30. The van der Waals surface area contributed by atoms with Crippen LogP contribution in [0.15, 0.2) is 0 Å². The lowest BCUT2D eigenvalue weighted by molar-refractivity contribution is -0.161. The van der Waals surface area contributed by atoms with Crippen LogP contribution in [0.4, 0.5) is 0 Å². The van der Waals surface area contributed by atoms with E-state index in [0.29, 0.717) is 25.7 Å². The number of phosphoric acid groups is 2. The fourth-order valence-corrected chi connectivity index (χ4v) is 12.4. The molecule has 0 saturated carbocycles. The average molecular weight is 1340 g/mol. The van der Waals surface area contributed by atoms with Gasteiger partial charge in [0, 0.05) is 25.7 Å².